The number of carbonyl (C=O) groups is 1. The maximum Gasteiger partial charge on any atom is 0.573 e. The van der Waals surface area contributed by atoms with Gasteiger partial charge in [-0.15, -0.1) is 29.6 Å². The maximum atomic E-state index is 12.5. The van der Waals surface area contributed by atoms with Gasteiger partial charge in [0.05, 0.1) is 24.4 Å². The Labute approximate surface area is 209 Å². The number of nitrogens with zero attached hydrogens (tertiary/aromatic N) is 4. The molecule has 8 nitrogen and oxygen atoms in total. The minimum absolute atomic E-state index is 0.225. The molecule has 0 bridgehead atoms. The number of carboxylic acids is 1. The van der Waals surface area contributed by atoms with Gasteiger partial charge in [-0.25, -0.2) is 14.5 Å². The Kier molecular flexibility index (Phi) is 7.19. The number of benzene rings is 2. The number of rotatable bonds is 8. The number of alkyl halides is 3. The van der Waals surface area contributed by atoms with E-state index in [1.165, 1.54) is 28.2 Å². The van der Waals surface area contributed by atoms with Crippen LogP contribution in [0.3, 0.4) is 0 Å². The van der Waals surface area contributed by atoms with E-state index in [2.05, 4.69) is 20.0 Å². The minimum Gasteiger partial charge on any atom is -0.497 e. The van der Waals surface area contributed by atoms with Gasteiger partial charge in [0.15, 0.2) is 4.34 Å². The van der Waals surface area contributed by atoms with Crippen molar-refractivity contribution in [2.24, 2.45) is 0 Å². The lowest BCUT2D eigenvalue weighted by Gasteiger charge is -2.10. The lowest BCUT2D eigenvalue weighted by atomic mass is 10.2. The zero-order valence-corrected chi connectivity index (χ0v) is 20.0. The molecule has 0 saturated carbocycles. The van der Waals surface area contributed by atoms with Gasteiger partial charge in [-0.2, -0.15) is 0 Å². The summed E-state index contributed by atoms with van der Waals surface area (Å²) in [6.45, 7) is 0.265. The smallest absolute Gasteiger partial charge is 0.497 e. The first-order valence-corrected chi connectivity index (χ1v) is 11.7. The zero-order valence-electron chi connectivity index (χ0n) is 17.6. The highest BCUT2D eigenvalue weighted by Crippen LogP contribution is 2.37. The van der Waals surface area contributed by atoms with Gasteiger partial charge >= 0.3 is 12.3 Å². The topological polar surface area (TPSA) is 99.4 Å². The fourth-order valence-corrected chi connectivity index (χ4v) is 5.02. The van der Waals surface area contributed by atoms with Crippen molar-refractivity contribution >= 4 is 40.7 Å². The molecule has 0 radical (unpaired) electrons. The molecule has 0 spiro atoms. The van der Waals surface area contributed by atoms with Gasteiger partial charge in [0.1, 0.15) is 16.5 Å². The standard InChI is InChI=1S/C21H14ClF3N4O4S2/c1-32-13-5-2-11(3-6-13)9-29-18(17(19(30)31)27-28-29)35-20-26-15(10-34-20)12-4-7-16(14(22)8-12)33-21(23,24)25/h2-8,10H,9H2,1H3,(H,30,31). The Morgan fingerprint density at radius 2 is 1.97 bits per heavy atom. The summed E-state index contributed by atoms with van der Waals surface area (Å²) < 4.78 is 48.4. The van der Waals surface area contributed by atoms with E-state index in [1.807, 2.05) is 12.1 Å². The summed E-state index contributed by atoms with van der Waals surface area (Å²) in [4.78, 5) is 16.1. The molecular formula is C21H14ClF3N4O4S2. The number of carboxylic acid groups (broad SMARTS) is 1. The predicted octanol–water partition coefficient (Wildman–Crippen LogP) is 5.86. The summed E-state index contributed by atoms with van der Waals surface area (Å²) in [5, 5.41) is 19.0. The number of aromatic carboxylic acids is 1. The van der Waals surface area contributed by atoms with Gasteiger partial charge in [0.2, 0.25) is 5.69 Å². The van der Waals surface area contributed by atoms with Crippen molar-refractivity contribution in [2.45, 2.75) is 22.3 Å². The number of methoxy groups -OCH3 is 1. The highest BCUT2D eigenvalue weighted by molar-refractivity contribution is 8.01. The molecule has 0 aliphatic carbocycles. The molecule has 1 N–H and O–H groups in total. The molecule has 182 valence electrons. The van der Waals surface area contributed by atoms with Crippen LogP contribution in [0.4, 0.5) is 13.2 Å². The lowest BCUT2D eigenvalue weighted by Crippen LogP contribution is -2.17. The highest BCUT2D eigenvalue weighted by atomic mass is 35.5. The number of ether oxygens (including phenoxy) is 2. The van der Waals surface area contributed by atoms with E-state index in [9.17, 15) is 23.1 Å². The number of aromatic nitrogens is 4. The number of hydrogen-bond acceptors (Lipinski definition) is 8. The van der Waals surface area contributed by atoms with Crippen molar-refractivity contribution in [3.05, 3.63) is 64.1 Å². The second-order valence-electron chi connectivity index (χ2n) is 6.85. The maximum absolute atomic E-state index is 12.5. The molecule has 0 saturated heterocycles. The third-order valence-electron chi connectivity index (χ3n) is 4.50. The van der Waals surface area contributed by atoms with Crippen LogP contribution in [-0.2, 0) is 6.54 Å². The normalized spacial score (nSPS) is 11.5. The van der Waals surface area contributed by atoms with Gasteiger partial charge in [0.25, 0.3) is 0 Å². The van der Waals surface area contributed by atoms with Crippen LogP contribution >= 0.6 is 34.7 Å². The fraction of sp³-hybridized carbons (Fsp3) is 0.143. The molecule has 0 aliphatic heterocycles. The average molecular weight is 543 g/mol. The summed E-state index contributed by atoms with van der Waals surface area (Å²) >= 11 is 8.22. The van der Waals surface area contributed by atoms with Crippen LogP contribution in [0.5, 0.6) is 11.5 Å². The van der Waals surface area contributed by atoms with Gasteiger partial charge in [-0.05, 0) is 47.7 Å². The van der Waals surface area contributed by atoms with E-state index in [0.29, 0.717) is 21.3 Å². The van der Waals surface area contributed by atoms with Gasteiger partial charge in [-0.3, -0.25) is 0 Å². The first-order valence-electron chi connectivity index (χ1n) is 9.61. The van der Waals surface area contributed by atoms with Crippen molar-refractivity contribution in [2.75, 3.05) is 7.11 Å². The van der Waals surface area contributed by atoms with Crippen LogP contribution in [0.1, 0.15) is 16.1 Å². The van der Waals surface area contributed by atoms with E-state index in [0.717, 1.165) is 23.4 Å². The average Bonchev–Trinajstić information content (AvgIpc) is 3.43. The van der Waals surface area contributed by atoms with Gasteiger partial charge < -0.3 is 14.6 Å². The Morgan fingerprint density at radius 1 is 1.23 bits per heavy atom. The lowest BCUT2D eigenvalue weighted by molar-refractivity contribution is -0.274. The molecular weight excluding hydrogens is 529 g/mol. The third-order valence-corrected chi connectivity index (χ3v) is 6.84. The minimum atomic E-state index is -4.86. The molecule has 2 aromatic carbocycles. The van der Waals surface area contributed by atoms with Crippen LogP contribution in [0, 0.1) is 0 Å². The van der Waals surface area contributed by atoms with Crippen molar-refractivity contribution in [3.63, 3.8) is 0 Å². The second-order valence-corrected chi connectivity index (χ2v) is 9.35. The number of hydrogen-bond donors (Lipinski definition) is 1. The predicted molar refractivity (Wildman–Crippen MR) is 122 cm³/mol. The molecule has 0 unspecified atom stereocenters. The molecule has 0 fully saturated rings. The van der Waals surface area contributed by atoms with E-state index in [4.69, 9.17) is 16.3 Å². The Morgan fingerprint density at radius 3 is 2.60 bits per heavy atom. The van der Waals surface area contributed by atoms with E-state index >= 15 is 0 Å². The fourth-order valence-electron chi connectivity index (χ4n) is 2.93. The summed E-state index contributed by atoms with van der Waals surface area (Å²) in [5.41, 5.74) is 1.54. The molecule has 35 heavy (non-hydrogen) atoms. The molecule has 0 atom stereocenters. The van der Waals surface area contributed by atoms with Crippen LogP contribution < -0.4 is 9.47 Å². The molecule has 2 heterocycles. The summed E-state index contributed by atoms with van der Waals surface area (Å²) in [7, 11) is 1.56. The highest BCUT2D eigenvalue weighted by Gasteiger charge is 2.32. The second kappa shape index (κ2) is 10.1. The first-order chi connectivity index (χ1) is 16.6. The summed E-state index contributed by atoms with van der Waals surface area (Å²) in [6, 6.07) is 11.0. The van der Waals surface area contributed by atoms with E-state index in [1.54, 1.807) is 24.6 Å². The largest absolute Gasteiger partial charge is 0.573 e. The van der Waals surface area contributed by atoms with Crippen molar-refractivity contribution in [1.29, 1.82) is 0 Å². The van der Waals surface area contributed by atoms with Gasteiger partial charge in [-0.1, -0.05) is 28.9 Å². The summed E-state index contributed by atoms with van der Waals surface area (Å²) in [6.07, 6.45) is -4.86. The molecule has 14 heteroatoms. The van der Waals surface area contributed by atoms with Crippen LogP contribution in [0.25, 0.3) is 11.3 Å². The molecule has 4 aromatic rings. The Balaban J connectivity index is 1.57. The molecule has 4 rings (SSSR count). The molecule has 0 aliphatic rings. The monoisotopic (exact) mass is 542 g/mol. The van der Waals surface area contributed by atoms with Crippen molar-refractivity contribution in [3.8, 4) is 22.8 Å². The van der Waals surface area contributed by atoms with Crippen LogP contribution in [0.2, 0.25) is 5.02 Å². The van der Waals surface area contributed by atoms with E-state index in [-0.39, 0.29) is 22.3 Å². The zero-order chi connectivity index (χ0) is 25.2. The third kappa shape index (κ3) is 6.05. The van der Waals surface area contributed by atoms with Crippen LogP contribution in [-0.4, -0.2) is 44.5 Å². The molecule has 0 amide bonds. The van der Waals surface area contributed by atoms with E-state index < -0.39 is 18.1 Å². The molecule has 2 aromatic heterocycles. The summed E-state index contributed by atoms with van der Waals surface area (Å²) in [5.74, 6) is -1.08. The SMILES string of the molecule is COc1ccc(Cn2nnc(C(=O)O)c2Sc2nc(-c3ccc(OC(F)(F)F)c(Cl)c3)cs2)cc1. The van der Waals surface area contributed by atoms with Crippen molar-refractivity contribution in [1.82, 2.24) is 20.0 Å². The van der Waals surface area contributed by atoms with Crippen LogP contribution in [0.15, 0.2) is 57.2 Å². The number of halogens is 4. The number of thiazole rings is 1. The van der Waals surface area contributed by atoms with Crippen molar-refractivity contribution < 1.29 is 32.5 Å². The Bertz CT molecular complexity index is 1360. The Hall–Kier alpha value is -3.29. The van der Waals surface area contributed by atoms with Gasteiger partial charge in [0, 0.05) is 10.9 Å². The quantitative estimate of drug-likeness (QED) is 0.295. The first kappa shape index (κ1) is 24.8.